The third-order valence-corrected chi connectivity index (χ3v) is 7.89. The third kappa shape index (κ3) is 4.27. The molecule has 1 aromatic carbocycles. The van der Waals surface area contributed by atoms with E-state index in [1.807, 2.05) is 20.0 Å². The van der Waals surface area contributed by atoms with Crippen molar-refractivity contribution in [2.75, 3.05) is 32.1 Å². The zero-order valence-corrected chi connectivity index (χ0v) is 21.1. The van der Waals surface area contributed by atoms with Crippen molar-refractivity contribution in [3.63, 3.8) is 0 Å². The van der Waals surface area contributed by atoms with E-state index in [1.54, 1.807) is 12.0 Å². The minimum absolute atomic E-state index is 0.104. The van der Waals surface area contributed by atoms with Gasteiger partial charge in [0.1, 0.15) is 5.69 Å². The summed E-state index contributed by atoms with van der Waals surface area (Å²) >= 11 is 0. The zero-order chi connectivity index (χ0) is 24.0. The predicted octanol–water partition coefficient (Wildman–Crippen LogP) is 4.54. The van der Waals surface area contributed by atoms with Crippen molar-refractivity contribution in [3.8, 4) is 11.4 Å². The Hall–Kier alpha value is -2.64. The standard InChI is InChI=1S/C27H37N5O2/c1-17(32-12-6-7-20(16-32)34-5)26(33)31(4)19-9-8-18-13-23(28-22(18)14-19)25-21-10-11-27(2,3)15-24(21)29-30-25/h8-9,13-14,17,20,28H,6-7,10-12,15-16H2,1-5H3,(H,29,30)/t17?,20-/m1/s1. The van der Waals surface area contributed by atoms with Crippen molar-refractivity contribution < 1.29 is 9.53 Å². The maximum absolute atomic E-state index is 13.3. The van der Waals surface area contributed by atoms with Gasteiger partial charge in [-0.2, -0.15) is 5.10 Å². The number of likely N-dealkylation sites (tertiary alicyclic amines) is 1. The number of carbonyl (C=O) groups excluding carboxylic acids is 1. The average molecular weight is 464 g/mol. The predicted molar refractivity (Wildman–Crippen MR) is 136 cm³/mol. The number of fused-ring (bicyclic) bond motifs is 2. The lowest BCUT2D eigenvalue weighted by molar-refractivity contribution is -0.124. The Morgan fingerprint density at radius 3 is 2.94 bits per heavy atom. The Balaban J connectivity index is 1.36. The molecule has 7 nitrogen and oxygen atoms in total. The molecule has 0 bridgehead atoms. The minimum atomic E-state index is -0.183. The van der Waals surface area contributed by atoms with Gasteiger partial charge < -0.3 is 14.6 Å². The second-order valence-corrected chi connectivity index (χ2v) is 10.9. The number of aromatic amines is 2. The maximum Gasteiger partial charge on any atom is 0.243 e. The van der Waals surface area contributed by atoms with Crippen molar-refractivity contribution in [3.05, 3.63) is 35.5 Å². The van der Waals surface area contributed by atoms with Crippen LogP contribution in [0.4, 0.5) is 5.69 Å². The number of carbonyl (C=O) groups is 1. The second-order valence-electron chi connectivity index (χ2n) is 10.9. The van der Waals surface area contributed by atoms with Crippen LogP contribution >= 0.6 is 0 Å². The topological polar surface area (TPSA) is 77.2 Å². The number of aromatic nitrogens is 3. The van der Waals surface area contributed by atoms with Crippen LogP contribution < -0.4 is 4.90 Å². The van der Waals surface area contributed by atoms with Gasteiger partial charge >= 0.3 is 0 Å². The fourth-order valence-electron chi connectivity index (χ4n) is 5.60. The molecule has 3 heterocycles. The molecule has 2 aliphatic rings. The summed E-state index contributed by atoms with van der Waals surface area (Å²) in [6, 6.07) is 8.17. The van der Waals surface area contributed by atoms with E-state index in [9.17, 15) is 4.79 Å². The number of H-pyrrole nitrogens is 2. The molecule has 34 heavy (non-hydrogen) atoms. The SMILES string of the molecule is CO[C@@H]1CCCN(C(C)C(=O)N(C)c2ccc3cc(-c4n[nH]c5c4CCC(C)(C)C5)[nH]c3c2)C1. The number of hydrogen-bond donors (Lipinski definition) is 2. The van der Waals surface area contributed by atoms with Gasteiger partial charge in [0.25, 0.3) is 0 Å². The first kappa shape index (κ1) is 23.1. The van der Waals surface area contributed by atoms with Crippen LogP contribution in [-0.4, -0.2) is 65.4 Å². The summed E-state index contributed by atoms with van der Waals surface area (Å²) in [4.78, 5) is 20.9. The zero-order valence-electron chi connectivity index (χ0n) is 21.1. The Bertz CT molecular complexity index is 1190. The minimum Gasteiger partial charge on any atom is -0.380 e. The Labute approximate surface area is 201 Å². The molecule has 182 valence electrons. The summed E-state index contributed by atoms with van der Waals surface area (Å²) in [5.74, 6) is 0.104. The molecule has 7 heteroatoms. The number of likely N-dealkylation sites (N-methyl/N-ethyl adjacent to an activating group) is 1. The van der Waals surface area contributed by atoms with E-state index in [1.165, 1.54) is 17.7 Å². The van der Waals surface area contributed by atoms with E-state index >= 15 is 0 Å². The number of nitrogens with one attached hydrogen (secondary N) is 2. The van der Waals surface area contributed by atoms with E-state index in [4.69, 9.17) is 4.74 Å². The van der Waals surface area contributed by atoms with Crippen LogP contribution in [0.3, 0.4) is 0 Å². The quantitative estimate of drug-likeness (QED) is 0.583. The molecule has 3 aromatic rings. The molecule has 2 atom stereocenters. The van der Waals surface area contributed by atoms with Gasteiger partial charge in [-0.25, -0.2) is 0 Å². The van der Waals surface area contributed by atoms with E-state index in [0.29, 0.717) is 5.41 Å². The highest BCUT2D eigenvalue weighted by molar-refractivity contribution is 5.98. The number of amides is 1. The Morgan fingerprint density at radius 1 is 1.32 bits per heavy atom. The first-order chi connectivity index (χ1) is 16.3. The summed E-state index contributed by atoms with van der Waals surface area (Å²) in [7, 11) is 3.62. The van der Waals surface area contributed by atoms with E-state index in [-0.39, 0.29) is 18.1 Å². The molecule has 1 amide bonds. The summed E-state index contributed by atoms with van der Waals surface area (Å²) in [6.07, 6.45) is 5.58. The largest absolute Gasteiger partial charge is 0.380 e. The molecule has 1 aliphatic heterocycles. The molecule has 2 N–H and O–H groups in total. The molecular formula is C27H37N5O2. The van der Waals surface area contributed by atoms with E-state index in [2.05, 4.69) is 52.1 Å². The summed E-state index contributed by atoms with van der Waals surface area (Å²) in [5.41, 5.74) is 6.89. The molecule has 1 unspecified atom stereocenters. The van der Waals surface area contributed by atoms with Crippen LogP contribution in [-0.2, 0) is 22.4 Å². The highest BCUT2D eigenvalue weighted by atomic mass is 16.5. The lowest BCUT2D eigenvalue weighted by Gasteiger charge is -2.36. The fourth-order valence-corrected chi connectivity index (χ4v) is 5.60. The van der Waals surface area contributed by atoms with Crippen LogP contribution in [0.15, 0.2) is 24.3 Å². The van der Waals surface area contributed by atoms with E-state index < -0.39 is 0 Å². The van der Waals surface area contributed by atoms with Crippen molar-refractivity contribution in [2.24, 2.45) is 5.41 Å². The van der Waals surface area contributed by atoms with Gasteiger partial charge in [0, 0.05) is 48.5 Å². The monoisotopic (exact) mass is 463 g/mol. The van der Waals surface area contributed by atoms with Crippen LogP contribution in [0.2, 0.25) is 0 Å². The number of piperidine rings is 1. The number of methoxy groups -OCH3 is 1. The molecule has 2 aromatic heterocycles. The van der Waals surface area contributed by atoms with Gasteiger partial charge in [-0.3, -0.25) is 14.8 Å². The van der Waals surface area contributed by atoms with Gasteiger partial charge in [0.15, 0.2) is 0 Å². The highest BCUT2D eigenvalue weighted by Gasteiger charge is 2.31. The Morgan fingerprint density at radius 2 is 2.15 bits per heavy atom. The van der Waals surface area contributed by atoms with Crippen LogP contribution in [0, 0.1) is 5.41 Å². The number of ether oxygens (including phenoxy) is 1. The lowest BCUT2D eigenvalue weighted by atomic mass is 9.76. The van der Waals surface area contributed by atoms with Crippen molar-refractivity contribution in [1.29, 1.82) is 0 Å². The molecule has 0 spiro atoms. The van der Waals surface area contributed by atoms with Crippen LogP contribution in [0.5, 0.6) is 0 Å². The van der Waals surface area contributed by atoms with Crippen molar-refractivity contribution in [2.45, 2.75) is 65.0 Å². The van der Waals surface area contributed by atoms with Gasteiger partial charge in [-0.05, 0) is 69.2 Å². The summed E-state index contributed by atoms with van der Waals surface area (Å²) < 4.78 is 5.54. The number of rotatable bonds is 5. The number of anilines is 1. The lowest BCUT2D eigenvalue weighted by Crippen LogP contribution is -2.51. The molecule has 0 saturated carbocycles. The summed E-state index contributed by atoms with van der Waals surface area (Å²) in [5, 5.41) is 9.07. The first-order valence-electron chi connectivity index (χ1n) is 12.5. The van der Waals surface area contributed by atoms with Gasteiger partial charge in [0.2, 0.25) is 5.91 Å². The van der Waals surface area contributed by atoms with Crippen LogP contribution in [0.25, 0.3) is 22.3 Å². The summed E-state index contributed by atoms with van der Waals surface area (Å²) in [6.45, 7) is 8.39. The smallest absolute Gasteiger partial charge is 0.243 e. The third-order valence-electron chi connectivity index (χ3n) is 7.89. The van der Waals surface area contributed by atoms with Gasteiger partial charge in [-0.1, -0.05) is 19.9 Å². The molecule has 1 saturated heterocycles. The number of benzene rings is 1. The Kier molecular flexibility index (Phi) is 6.02. The van der Waals surface area contributed by atoms with Crippen molar-refractivity contribution in [1.82, 2.24) is 20.1 Å². The average Bonchev–Trinajstić information content (AvgIpc) is 3.44. The highest BCUT2D eigenvalue weighted by Crippen LogP contribution is 2.38. The first-order valence-corrected chi connectivity index (χ1v) is 12.5. The number of hydrogen-bond acceptors (Lipinski definition) is 4. The van der Waals surface area contributed by atoms with E-state index in [0.717, 1.165) is 66.8 Å². The molecule has 1 fully saturated rings. The number of nitrogens with zero attached hydrogens (tertiary/aromatic N) is 3. The molecular weight excluding hydrogens is 426 g/mol. The second kappa shape index (κ2) is 8.86. The van der Waals surface area contributed by atoms with Gasteiger partial charge in [-0.15, -0.1) is 0 Å². The van der Waals surface area contributed by atoms with Crippen LogP contribution in [0.1, 0.15) is 51.3 Å². The fraction of sp³-hybridized carbons (Fsp3) is 0.556. The molecule has 1 aliphatic carbocycles. The molecule has 0 radical (unpaired) electrons. The van der Waals surface area contributed by atoms with Gasteiger partial charge in [0.05, 0.1) is 17.8 Å². The molecule has 5 rings (SSSR count). The maximum atomic E-state index is 13.3. The normalized spacial score (nSPS) is 21.4. The van der Waals surface area contributed by atoms with Crippen molar-refractivity contribution >= 4 is 22.5 Å².